The highest BCUT2D eigenvalue weighted by molar-refractivity contribution is 5.88. The van der Waals surface area contributed by atoms with Crippen molar-refractivity contribution in [1.29, 1.82) is 0 Å². The summed E-state index contributed by atoms with van der Waals surface area (Å²) in [6.07, 6.45) is 6.98. The molecular weight excluding hydrogens is 222 g/mol. The van der Waals surface area contributed by atoms with Crippen LogP contribution in [0.15, 0.2) is 11.6 Å². The number of hydrogen-bond donors (Lipinski definition) is 3. The van der Waals surface area contributed by atoms with Gasteiger partial charge in [-0.1, -0.05) is 25.3 Å². The van der Waals surface area contributed by atoms with Crippen molar-refractivity contribution in [2.75, 3.05) is 0 Å². The summed E-state index contributed by atoms with van der Waals surface area (Å²) in [6.45, 7) is 0. The first-order valence-electron chi connectivity index (χ1n) is 5.93. The number of allylic oxidation sites excluding steroid dienone is 1. The van der Waals surface area contributed by atoms with Gasteiger partial charge in [-0.05, 0) is 18.8 Å². The Morgan fingerprint density at radius 2 is 1.82 bits per heavy atom. The van der Waals surface area contributed by atoms with Crippen molar-refractivity contribution in [2.45, 2.75) is 44.6 Å². The largest absolute Gasteiger partial charge is 0.480 e. The zero-order chi connectivity index (χ0) is 12.8. The van der Waals surface area contributed by atoms with Gasteiger partial charge < -0.3 is 15.9 Å². The minimum absolute atomic E-state index is 0.110. The van der Waals surface area contributed by atoms with Crippen LogP contribution in [0.4, 0.5) is 0 Å². The van der Waals surface area contributed by atoms with Gasteiger partial charge in [-0.15, -0.1) is 0 Å². The normalized spacial score (nSPS) is 19.9. The fraction of sp³-hybridized carbons (Fsp3) is 0.667. The molecular formula is C12H19NO4. The molecule has 1 saturated carbocycles. The van der Waals surface area contributed by atoms with Crippen LogP contribution in [0.2, 0.25) is 0 Å². The molecule has 1 aliphatic rings. The molecule has 0 spiro atoms. The van der Waals surface area contributed by atoms with Crippen LogP contribution < -0.4 is 5.73 Å². The molecule has 5 nitrogen and oxygen atoms in total. The van der Waals surface area contributed by atoms with E-state index in [1.807, 2.05) is 0 Å². The third-order valence-corrected chi connectivity index (χ3v) is 3.12. The zero-order valence-corrected chi connectivity index (χ0v) is 9.76. The summed E-state index contributed by atoms with van der Waals surface area (Å²) in [6, 6.07) is -1.14. The van der Waals surface area contributed by atoms with E-state index in [1.54, 1.807) is 6.08 Å². The first-order chi connectivity index (χ1) is 8.00. The molecule has 96 valence electrons. The molecule has 0 saturated heterocycles. The smallest absolute Gasteiger partial charge is 0.331 e. The van der Waals surface area contributed by atoms with Gasteiger partial charge in [0.2, 0.25) is 0 Å². The van der Waals surface area contributed by atoms with Crippen LogP contribution in [-0.2, 0) is 9.59 Å². The molecule has 0 aliphatic heterocycles. The molecule has 0 heterocycles. The molecule has 1 atom stereocenters. The predicted molar refractivity (Wildman–Crippen MR) is 62.5 cm³/mol. The quantitative estimate of drug-likeness (QED) is 0.631. The maximum absolute atomic E-state index is 11.0. The zero-order valence-electron chi connectivity index (χ0n) is 9.76. The number of carboxylic acid groups (broad SMARTS) is 2. The Morgan fingerprint density at radius 3 is 2.29 bits per heavy atom. The van der Waals surface area contributed by atoms with Crippen molar-refractivity contribution in [3.63, 3.8) is 0 Å². The van der Waals surface area contributed by atoms with E-state index in [0.717, 1.165) is 25.7 Å². The van der Waals surface area contributed by atoms with E-state index in [9.17, 15) is 9.59 Å². The van der Waals surface area contributed by atoms with Gasteiger partial charge in [-0.25, -0.2) is 4.79 Å². The van der Waals surface area contributed by atoms with Crippen LogP contribution >= 0.6 is 0 Å². The van der Waals surface area contributed by atoms with E-state index in [0.29, 0.717) is 0 Å². The Labute approximate surface area is 100 Å². The highest BCUT2D eigenvalue weighted by Gasteiger charge is 2.20. The van der Waals surface area contributed by atoms with Crippen molar-refractivity contribution in [1.82, 2.24) is 0 Å². The van der Waals surface area contributed by atoms with Gasteiger partial charge >= 0.3 is 11.9 Å². The highest BCUT2D eigenvalue weighted by atomic mass is 16.4. The van der Waals surface area contributed by atoms with Crippen LogP contribution in [0, 0.1) is 5.92 Å². The molecule has 1 rings (SSSR count). The van der Waals surface area contributed by atoms with Crippen molar-refractivity contribution >= 4 is 11.9 Å². The van der Waals surface area contributed by atoms with Gasteiger partial charge in [0.1, 0.15) is 6.04 Å². The number of rotatable bonds is 5. The monoisotopic (exact) mass is 241 g/mol. The third kappa shape index (κ3) is 4.56. The van der Waals surface area contributed by atoms with Crippen LogP contribution in [0.5, 0.6) is 0 Å². The number of aliphatic carboxylic acids is 2. The van der Waals surface area contributed by atoms with Gasteiger partial charge in [0.05, 0.1) is 0 Å². The van der Waals surface area contributed by atoms with E-state index < -0.39 is 18.0 Å². The SMILES string of the molecule is N[C@@H](C/C(=C/C1CCCCC1)C(=O)O)C(=O)O. The summed E-state index contributed by atoms with van der Waals surface area (Å²) in [5.74, 6) is -1.97. The van der Waals surface area contributed by atoms with E-state index in [1.165, 1.54) is 6.42 Å². The predicted octanol–water partition coefficient (Wildman–Crippen LogP) is 1.38. The second kappa shape index (κ2) is 6.39. The average molecular weight is 241 g/mol. The minimum Gasteiger partial charge on any atom is -0.480 e. The Hall–Kier alpha value is -1.36. The lowest BCUT2D eigenvalue weighted by Crippen LogP contribution is -2.31. The summed E-state index contributed by atoms with van der Waals surface area (Å²) >= 11 is 0. The first-order valence-corrected chi connectivity index (χ1v) is 5.93. The van der Waals surface area contributed by atoms with E-state index in [2.05, 4.69) is 0 Å². The molecule has 1 aliphatic carbocycles. The van der Waals surface area contributed by atoms with Crippen molar-refractivity contribution < 1.29 is 19.8 Å². The van der Waals surface area contributed by atoms with Crippen LogP contribution in [0.3, 0.4) is 0 Å². The van der Waals surface area contributed by atoms with Gasteiger partial charge in [0.15, 0.2) is 0 Å². The minimum atomic E-state index is -1.17. The average Bonchev–Trinajstić information content (AvgIpc) is 2.29. The lowest BCUT2D eigenvalue weighted by molar-refractivity contribution is -0.138. The van der Waals surface area contributed by atoms with Gasteiger partial charge in [0, 0.05) is 12.0 Å². The molecule has 0 unspecified atom stereocenters. The van der Waals surface area contributed by atoms with Crippen molar-refractivity contribution in [3.8, 4) is 0 Å². The molecule has 0 aromatic rings. The summed E-state index contributed by atoms with van der Waals surface area (Å²) in [4.78, 5) is 21.6. The van der Waals surface area contributed by atoms with Gasteiger partial charge in [0.25, 0.3) is 0 Å². The lowest BCUT2D eigenvalue weighted by atomic mass is 9.87. The summed E-state index contributed by atoms with van der Waals surface area (Å²) in [5.41, 5.74) is 5.49. The second-order valence-corrected chi connectivity index (χ2v) is 4.54. The van der Waals surface area contributed by atoms with E-state index >= 15 is 0 Å². The molecule has 0 bridgehead atoms. The third-order valence-electron chi connectivity index (χ3n) is 3.12. The molecule has 0 amide bonds. The standard InChI is InChI=1S/C12H19NO4/c13-10(12(16)17)7-9(11(14)15)6-8-4-2-1-3-5-8/h6,8,10H,1-5,7,13H2,(H,14,15)(H,16,17)/b9-6-/t10-/m0/s1. The van der Waals surface area contributed by atoms with Crippen molar-refractivity contribution in [2.24, 2.45) is 11.7 Å². The van der Waals surface area contributed by atoms with Crippen molar-refractivity contribution in [3.05, 3.63) is 11.6 Å². The highest BCUT2D eigenvalue weighted by Crippen LogP contribution is 2.26. The molecule has 4 N–H and O–H groups in total. The van der Waals surface area contributed by atoms with Crippen LogP contribution in [0.25, 0.3) is 0 Å². The molecule has 17 heavy (non-hydrogen) atoms. The van der Waals surface area contributed by atoms with E-state index in [4.69, 9.17) is 15.9 Å². The summed E-state index contributed by atoms with van der Waals surface area (Å²) in [7, 11) is 0. The fourth-order valence-electron chi connectivity index (χ4n) is 2.14. The molecule has 0 aromatic carbocycles. The molecule has 0 radical (unpaired) electrons. The van der Waals surface area contributed by atoms with Crippen LogP contribution in [0.1, 0.15) is 38.5 Å². The number of carboxylic acids is 2. The molecule has 0 aromatic heterocycles. The van der Waals surface area contributed by atoms with Gasteiger partial charge in [-0.2, -0.15) is 0 Å². The Morgan fingerprint density at radius 1 is 1.24 bits per heavy atom. The lowest BCUT2D eigenvalue weighted by Gasteiger charge is -2.19. The summed E-state index contributed by atoms with van der Waals surface area (Å²) in [5, 5.41) is 17.7. The van der Waals surface area contributed by atoms with Gasteiger partial charge in [-0.3, -0.25) is 4.79 Å². The molecule has 1 fully saturated rings. The number of carbonyl (C=O) groups is 2. The maximum Gasteiger partial charge on any atom is 0.331 e. The van der Waals surface area contributed by atoms with Crippen LogP contribution in [-0.4, -0.2) is 28.2 Å². The topological polar surface area (TPSA) is 101 Å². The molecule has 5 heteroatoms. The Bertz CT molecular complexity index is 318. The second-order valence-electron chi connectivity index (χ2n) is 4.54. The van der Waals surface area contributed by atoms with E-state index in [-0.39, 0.29) is 17.9 Å². The Balaban J connectivity index is 2.67. The number of hydrogen-bond acceptors (Lipinski definition) is 3. The fourth-order valence-corrected chi connectivity index (χ4v) is 2.14. The number of nitrogens with two attached hydrogens (primary N) is 1. The maximum atomic E-state index is 11.0. The summed E-state index contributed by atoms with van der Waals surface area (Å²) < 4.78 is 0. The first kappa shape index (κ1) is 13.7. The Kier molecular flexibility index (Phi) is 5.15.